The number of amides is 3. The highest BCUT2D eigenvalue weighted by atomic mass is 19.1. The monoisotopic (exact) mass is 345 g/mol. The predicted octanol–water partition coefficient (Wildman–Crippen LogP) is 3.29. The number of nitrogens with one attached hydrogen (secondary N) is 3. The van der Waals surface area contributed by atoms with Crippen molar-refractivity contribution in [3.05, 3.63) is 53.8 Å². The minimum absolute atomic E-state index is 0.0754. The van der Waals surface area contributed by atoms with Crippen LogP contribution < -0.4 is 20.7 Å². The zero-order valence-electron chi connectivity index (χ0n) is 14.1. The molecule has 7 heteroatoms. The number of aryl methyl sites for hydroxylation is 1. The molecular weight excluding hydrogens is 325 g/mol. The normalized spacial score (nSPS) is 10.0. The molecule has 0 unspecified atom stereocenters. The van der Waals surface area contributed by atoms with Gasteiger partial charge in [0.25, 0.3) is 0 Å². The molecular formula is C18H20FN3O3. The average Bonchev–Trinajstić information content (AvgIpc) is 2.59. The van der Waals surface area contributed by atoms with E-state index >= 15 is 0 Å². The topological polar surface area (TPSA) is 79.5 Å². The van der Waals surface area contributed by atoms with Crippen LogP contribution >= 0.6 is 0 Å². The molecule has 2 aromatic rings. The van der Waals surface area contributed by atoms with Gasteiger partial charge in [0, 0.05) is 24.3 Å². The van der Waals surface area contributed by atoms with E-state index in [9.17, 15) is 14.0 Å². The van der Waals surface area contributed by atoms with Crippen LogP contribution in [-0.2, 0) is 4.79 Å². The number of methoxy groups -OCH3 is 1. The maximum Gasteiger partial charge on any atom is 0.319 e. The third kappa shape index (κ3) is 5.80. The molecule has 6 nitrogen and oxygen atoms in total. The highest BCUT2D eigenvalue weighted by molar-refractivity contribution is 5.93. The Morgan fingerprint density at radius 3 is 2.48 bits per heavy atom. The van der Waals surface area contributed by atoms with Crippen molar-refractivity contribution in [3.8, 4) is 5.75 Å². The summed E-state index contributed by atoms with van der Waals surface area (Å²) >= 11 is 0. The van der Waals surface area contributed by atoms with Gasteiger partial charge in [-0.15, -0.1) is 0 Å². The summed E-state index contributed by atoms with van der Waals surface area (Å²) in [6.45, 7) is 1.93. The highest BCUT2D eigenvalue weighted by Gasteiger charge is 2.07. The number of anilines is 2. The number of ether oxygens (including phenoxy) is 1. The first-order valence-electron chi connectivity index (χ1n) is 7.73. The van der Waals surface area contributed by atoms with E-state index in [0.29, 0.717) is 17.1 Å². The second-order valence-electron chi connectivity index (χ2n) is 5.37. The van der Waals surface area contributed by atoms with Crippen molar-refractivity contribution < 1.29 is 18.7 Å². The summed E-state index contributed by atoms with van der Waals surface area (Å²) in [7, 11) is 1.56. The van der Waals surface area contributed by atoms with Crippen LogP contribution in [0.3, 0.4) is 0 Å². The van der Waals surface area contributed by atoms with Gasteiger partial charge in [0.05, 0.1) is 7.11 Å². The largest absolute Gasteiger partial charge is 0.497 e. The number of rotatable bonds is 6. The minimum atomic E-state index is -0.419. The van der Waals surface area contributed by atoms with Crippen molar-refractivity contribution >= 4 is 23.3 Å². The van der Waals surface area contributed by atoms with E-state index in [0.717, 1.165) is 5.56 Å². The fourth-order valence-electron chi connectivity index (χ4n) is 2.08. The van der Waals surface area contributed by atoms with Crippen molar-refractivity contribution in [3.63, 3.8) is 0 Å². The standard InChI is InChI=1S/C18H20FN3O3/c1-12-3-4-13(19)11-16(12)22-17(23)9-10-20-18(24)21-14-5-7-15(25-2)8-6-14/h3-8,11H,9-10H2,1-2H3,(H,22,23)(H2,20,21,24). The van der Waals surface area contributed by atoms with Crippen molar-refractivity contribution in [2.45, 2.75) is 13.3 Å². The molecule has 0 spiro atoms. The van der Waals surface area contributed by atoms with Crippen LogP contribution in [0.4, 0.5) is 20.6 Å². The zero-order valence-corrected chi connectivity index (χ0v) is 14.1. The number of hydrogen-bond acceptors (Lipinski definition) is 3. The maximum absolute atomic E-state index is 13.2. The molecule has 0 aliphatic carbocycles. The van der Waals surface area contributed by atoms with Crippen molar-refractivity contribution in [1.29, 1.82) is 0 Å². The van der Waals surface area contributed by atoms with E-state index in [1.807, 2.05) is 0 Å². The Hall–Kier alpha value is -3.09. The van der Waals surface area contributed by atoms with Crippen LogP contribution in [-0.4, -0.2) is 25.6 Å². The van der Waals surface area contributed by atoms with Crippen LogP contribution in [0.5, 0.6) is 5.75 Å². The summed E-state index contributed by atoms with van der Waals surface area (Å²) < 4.78 is 18.2. The number of carbonyl (C=O) groups excluding carboxylic acids is 2. The summed E-state index contributed by atoms with van der Waals surface area (Å²) in [5.74, 6) is -0.0355. The van der Waals surface area contributed by atoms with Gasteiger partial charge in [-0.1, -0.05) is 6.07 Å². The molecule has 0 aliphatic rings. The van der Waals surface area contributed by atoms with Gasteiger partial charge in [-0.25, -0.2) is 9.18 Å². The summed E-state index contributed by atoms with van der Waals surface area (Å²) in [5, 5.41) is 7.86. The first-order valence-corrected chi connectivity index (χ1v) is 7.73. The smallest absolute Gasteiger partial charge is 0.319 e. The summed E-state index contributed by atoms with van der Waals surface area (Å²) in [4.78, 5) is 23.6. The Kier molecular flexibility index (Phi) is 6.33. The molecule has 3 N–H and O–H groups in total. The van der Waals surface area contributed by atoms with Crippen LogP contribution in [0.25, 0.3) is 0 Å². The quantitative estimate of drug-likeness (QED) is 0.752. The Morgan fingerprint density at radius 1 is 1.08 bits per heavy atom. The zero-order chi connectivity index (χ0) is 18.2. The lowest BCUT2D eigenvalue weighted by Gasteiger charge is -2.10. The fraction of sp³-hybridized carbons (Fsp3) is 0.222. The summed E-state index contributed by atoms with van der Waals surface area (Å²) in [5.41, 5.74) is 1.80. The molecule has 0 radical (unpaired) electrons. The molecule has 0 aliphatic heterocycles. The number of hydrogen-bond donors (Lipinski definition) is 3. The SMILES string of the molecule is COc1ccc(NC(=O)NCCC(=O)Nc2cc(F)ccc2C)cc1. The lowest BCUT2D eigenvalue weighted by atomic mass is 10.2. The van der Waals surface area contributed by atoms with E-state index in [-0.39, 0.29) is 18.9 Å². The second kappa shape index (κ2) is 8.68. The van der Waals surface area contributed by atoms with Gasteiger partial charge in [-0.3, -0.25) is 4.79 Å². The van der Waals surface area contributed by atoms with E-state index in [4.69, 9.17) is 4.74 Å². The van der Waals surface area contributed by atoms with Crippen LogP contribution in [0.2, 0.25) is 0 Å². The van der Waals surface area contributed by atoms with Crippen molar-refractivity contribution in [1.82, 2.24) is 5.32 Å². The average molecular weight is 345 g/mol. The van der Waals surface area contributed by atoms with Gasteiger partial charge < -0.3 is 20.7 Å². The number of carbonyl (C=O) groups is 2. The van der Waals surface area contributed by atoms with Crippen LogP contribution in [0, 0.1) is 12.7 Å². The molecule has 0 saturated heterocycles. The Labute approximate surface area is 145 Å². The fourth-order valence-corrected chi connectivity index (χ4v) is 2.08. The van der Waals surface area contributed by atoms with Crippen LogP contribution in [0.15, 0.2) is 42.5 Å². The first kappa shape index (κ1) is 18.3. The molecule has 132 valence electrons. The third-order valence-electron chi connectivity index (χ3n) is 3.46. The maximum atomic E-state index is 13.2. The molecule has 0 atom stereocenters. The van der Waals surface area contributed by atoms with Crippen molar-refractivity contribution in [2.75, 3.05) is 24.3 Å². The molecule has 0 saturated carbocycles. The molecule has 25 heavy (non-hydrogen) atoms. The Bertz CT molecular complexity index is 748. The molecule has 0 heterocycles. The van der Waals surface area contributed by atoms with Gasteiger partial charge in [-0.05, 0) is 48.9 Å². The number of benzene rings is 2. The molecule has 3 amide bonds. The molecule has 0 aromatic heterocycles. The van der Waals surface area contributed by atoms with Gasteiger partial charge in [0.2, 0.25) is 5.91 Å². The molecule has 2 rings (SSSR count). The summed E-state index contributed by atoms with van der Waals surface area (Å²) in [6, 6.07) is 10.6. The molecule has 2 aromatic carbocycles. The molecule has 0 bridgehead atoms. The number of urea groups is 1. The minimum Gasteiger partial charge on any atom is -0.497 e. The molecule has 0 fully saturated rings. The predicted molar refractivity (Wildman–Crippen MR) is 94.4 cm³/mol. The van der Waals surface area contributed by atoms with Gasteiger partial charge in [0.1, 0.15) is 11.6 Å². The Morgan fingerprint density at radius 2 is 1.80 bits per heavy atom. The highest BCUT2D eigenvalue weighted by Crippen LogP contribution is 2.16. The lowest BCUT2D eigenvalue weighted by molar-refractivity contribution is -0.116. The van der Waals surface area contributed by atoms with E-state index in [2.05, 4.69) is 16.0 Å². The Balaban J connectivity index is 1.74. The summed E-state index contributed by atoms with van der Waals surface area (Å²) in [6.07, 6.45) is 0.0754. The number of halogens is 1. The van der Waals surface area contributed by atoms with Gasteiger partial charge in [0.15, 0.2) is 0 Å². The van der Waals surface area contributed by atoms with Gasteiger partial charge in [-0.2, -0.15) is 0 Å². The second-order valence-corrected chi connectivity index (χ2v) is 5.37. The lowest BCUT2D eigenvalue weighted by Crippen LogP contribution is -2.31. The van der Waals surface area contributed by atoms with Crippen LogP contribution in [0.1, 0.15) is 12.0 Å². The first-order chi connectivity index (χ1) is 12.0. The van der Waals surface area contributed by atoms with E-state index in [1.54, 1.807) is 44.4 Å². The van der Waals surface area contributed by atoms with E-state index < -0.39 is 11.8 Å². The van der Waals surface area contributed by atoms with Crippen molar-refractivity contribution in [2.24, 2.45) is 0 Å². The van der Waals surface area contributed by atoms with E-state index in [1.165, 1.54) is 12.1 Å². The third-order valence-corrected chi connectivity index (χ3v) is 3.46. The van der Waals surface area contributed by atoms with Gasteiger partial charge >= 0.3 is 6.03 Å².